The molecule has 0 saturated heterocycles. The van der Waals surface area contributed by atoms with E-state index in [1.54, 1.807) is 6.20 Å². The SMILES string of the molecule is Cc1cnc(Cl)c(NC2CCC(C(F)(F)F)CC2)c1. The summed E-state index contributed by atoms with van der Waals surface area (Å²) in [6.45, 7) is 1.90. The van der Waals surface area contributed by atoms with Crippen LogP contribution in [0.2, 0.25) is 5.15 Å². The average Bonchev–Trinajstić information content (AvgIpc) is 2.33. The lowest BCUT2D eigenvalue weighted by Gasteiger charge is -2.31. The standard InChI is InChI=1S/C13H16ClF3N2/c1-8-6-11(12(14)18-7-8)19-10-4-2-9(3-5-10)13(15,16)17/h6-7,9-10,19H,2-5H2,1H3. The van der Waals surface area contributed by atoms with Crippen LogP contribution in [0.3, 0.4) is 0 Å². The summed E-state index contributed by atoms with van der Waals surface area (Å²) in [4.78, 5) is 4.02. The van der Waals surface area contributed by atoms with E-state index in [0.29, 0.717) is 23.7 Å². The summed E-state index contributed by atoms with van der Waals surface area (Å²) in [5.74, 6) is -1.16. The van der Waals surface area contributed by atoms with Crippen molar-refractivity contribution in [3.8, 4) is 0 Å². The first-order chi connectivity index (χ1) is 8.86. The lowest BCUT2D eigenvalue weighted by Crippen LogP contribution is -2.32. The molecule has 0 atom stereocenters. The van der Waals surface area contributed by atoms with Crippen LogP contribution in [0.15, 0.2) is 12.3 Å². The number of aromatic nitrogens is 1. The molecule has 1 aromatic heterocycles. The zero-order valence-corrected chi connectivity index (χ0v) is 11.4. The van der Waals surface area contributed by atoms with Gasteiger partial charge in [0, 0.05) is 12.2 Å². The van der Waals surface area contributed by atoms with Gasteiger partial charge in [-0.2, -0.15) is 13.2 Å². The Hall–Kier alpha value is -0.970. The fraction of sp³-hybridized carbons (Fsp3) is 0.615. The van der Waals surface area contributed by atoms with Gasteiger partial charge < -0.3 is 5.32 Å². The Morgan fingerprint density at radius 3 is 2.47 bits per heavy atom. The number of alkyl halides is 3. The number of rotatable bonds is 2. The highest BCUT2D eigenvalue weighted by atomic mass is 35.5. The third-order valence-corrected chi connectivity index (χ3v) is 3.83. The maximum atomic E-state index is 12.6. The van der Waals surface area contributed by atoms with Crippen LogP contribution in [0.25, 0.3) is 0 Å². The maximum absolute atomic E-state index is 12.6. The van der Waals surface area contributed by atoms with Crippen LogP contribution in [0.5, 0.6) is 0 Å². The molecule has 1 aliphatic rings. The Kier molecular flexibility index (Phi) is 4.23. The van der Waals surface area contributed by atoms with E-state index in [1.165, 1.54) is 0 Å². The Bertz CT molecular complexity index is 440. The van der Waals surface area contributed by atoms with E-state index in [-0.39, 0.29) is 18.9 Å². The fourth-order valence-electron chi connectivity index (χ4n) is 2.44. The number of nitrogens with one attached hydrogen (secondary N) is 1. The molecule has 0 aromatic carbocycles. The molecule has 2 rings (SSSR count). The molecule has 1 saturated carbocycles. The minimum Gasteiger partial charge on any atom is -0.380 e. The van der Waals surface area contributed by atoms with Crippen molar-refractivity contribution in [3.63, 3.8) is 0 Å². The smallest absolute Gasteiger partial charge is 0.380 e. The second-order valence-electron chi connectivity index (χ2n) is 5.09. The van der Waals surface area contributed by atoms with Crippen molar-refractivity contribution in [2.45, 2.75) is 44.8 Å². The predicted octanol–water partition coefficient (Wildman–Crippen LogP) is 4.58. The molecular formula is C13H16ClF3N2. The predicted molar refractivity (Wildman–Crippen MR) is 69.4 cm³/mol. The Morgan fingerprint density at radius 2 is 1.89 bits per heavy atom. The van der Waals surface area contributed by atoms with Gasteiger partial charge in [0.15, 0.2) is 5.15 Å². The van der Waals surface area contributed by atoms with Crippen molar-refractivity contribution < 1.29 is 13.2 Å². The molecule has 0 bridgehead atoms. The minimum absolute atomic E-state index is 0.0414. The zero-order valence-electron chi connectivity index (χ0n) is 10.6. The second-order valence-corrected chi connectivity index (χ2v) is 5.44. The summed E-state index contributed by atoms with van der Waals surface area (Å²) in [6, 6.07) is 1.91. The van der Waals surface area contributed by atoms with Crippen LogP contribution in [0, 0.1) is 12.8 Å². The largest absolute Gasteiger partial charge is 0.391 e. The first-order valence-corrected chi connectivity index (χ1v) is 6.69. The number of anilines is 1. The van der Waals surface area contributed by atoms with E-state index in [1.807, 2.05) is 13.0 Å². The van der Waals surface area contributed by atoms with Crippen LogP contribution in [0.4, 0.5) is 18.9 Å². The van der Waals surface area contributed by atoms with Gasteiger partial charge >= 0.3 is 6.18 Å². The van der Waals surface area contributed by atoms with Gasteiger partial charge in [-0.05, 0) is 44.2 Å². The molecule has 1 N–H and O–H groups in total. The molecule has 19 heavy (non-hydrogen) atoms. The van der Waals surface area contributed by atoms with Crippen molar-refractivity contribution in [2.75, 3.05) is 5.32 Å². The first-order valence-electron chi connectivity index (χ1n) is 6.31. The number of pyridine rings is 1. The molecule has 1 fully saturated rings. The van der Waals surface area contributed by atoms with Crippen molar-refractivity contribution >= 4 is 17.3 Å². The van der Waals surface area contributed by atoms with Gasteiger partial charge in [-0.15, -0.1) is 0 Å². The molecular weight excluding hydrogens is 277 g/mol. The Labute approximate surface area is 115 Å². The lowest BCUT2D eigenvalue weighted by molar-refractivity contribution is -0.182. The van der Waals surface area contributed by atoms with Gasteiger partial charge in [0.2, 0.25) is 0 Å². The minimum atomic E-state index is -4.06. The maximum Gasteiger partial charge on any atom is 0.391 e. The van der Waals surface area contributed by atoms with Crippen LogP contribution in [-0.4, -0.2) is 17.2 Å². The second kappa shape index (κ2) is 5.57. The number of aryl methyl sites for hydroxylation is 1. The topological polar surface area (TPSA) is 24.9 Å². The third-order valence-electron chi connectivity index (χ3n) is 3.53. The Balaban J connectivity index is 1.94. The van der Waals surface area contributed by atoms with Crippen molar-refractivity contribution in [2.24, 2.45) is 5.92 Å². The highest BCUT2D eigenvalue weighted by Gasteiger charge is 2.41. The molecule has 0 aliphatic heterocycles. The van der Waals surface area contributed by atoms with Crippen molar-refractivity contribution in [1.29, 1.82) is 0 Å². The van der Waals surface area contributed by atoms with Crippen LogP contribution < -0.4 is 5.32 Å². The van der Waals surface area contributed by atoms with Crippen LogP contribution in [0.1, 0.15) is 31.2 Å². The molecule has 106 valence electrons. The molecule has 0 amide bonds. The van der Waals surface area contributed by atoms with Gasteiger partial charge in [0.1, 0.15) is 0 Å². The number of nitrogens with zero attached hydrogens (tertiary/aromatic N) is 1. The van der Waals surface area contributed by atoms with E-state index in [2.05, 4.69) is 10.3 Å². The van der Waals surface area contributed by atoms with Crippen LogP contribution in [-0.2, 0) is 0 Å². The summed E-state index contributed by atoms with van der Waals surface area (Å²) in [5.41, 5.74) is 1.67. The highest BCUT2D eigenvalue weighted by Crippen LogP contribution is 2.38. The summed E-state index contributed by atoms with van der Waals surface area (Å²) < 4.78 is 37.7. The molecule has 0 spiro atoms. The molecule has 6 heteroatoms. The first kappa shape index (κ1) is 14.4. The van der Waals surface area contributed by atoms with Gasteiger partial charge in [-0.1, -0.05) is 11.6 Å². The van der Waals surface area contributed by atoms with E-state index in [4.69, 9.17) is 11.6 Å². The van der Waals surface area contributed by atoms with E-state index in [0.717, 1.165) is 5.56 Å². The number of hydrogen-bond donors (Lipinski definition) is 1. The van der Waals surface area contributed by atoms with E-state index < -0.39 is 12.1 Å². The van der Waals surface area contributed by atoms with Gasteiger partial charge in [0.25, 0.3) is 0 Å². The molecule has 1 aliphatic carbocycles. The van der Waals surface area contributed by atoms with E-state index >= 15 is 0 Å². The summed E-state index contributed by atoms with van der Waals surface area (Å²) in [7, 11) is 0. The van der Waals surface area contributed by atoms with E-state index in [9.17, 15) is 13.2 Å². The number of halogens is 4. The average molecular weight is 293 g/mol. The zero-order chi connectivity index (χ0) is 14.0. The van der Waals surface area contributed by atoms with Gasteiger partial charge in [0.05, 0.1) is 11.6 Å². The molecule has 0 radical (unpaired) electrons. The molecule has 1 aromatic rings. The Morgan fingerprint density at radius 1 is 1.26 bits per heavy atom. The number of hydrogen-bond acceptors (Lipinski definition) is 2. The summed E-state index contributed by atoms with van der Waals surface area (Å²) >= 11 is 5.96. The van der Waals surface area contributed by atoms with Crippen molar-refractivity contribution in [3.05, 3.63) is 23.0 Å². The summed E-state index contributed by atoms with van der Waals surface area (Å²) in [6.07, 6.45) is -1.03. The highest BCUT2D eigenvalue weighted by molar-refractivity contribution is 6.31. The third kappa shape index (κ3) is 3.75. The van der Waals surface area contributed by atoms with Crippen molar-refractivity contribution in [1.82, 2.24) is 4.98 Å². The molecule has 2 nitrogen and oxygen atoms in total. The monoisotopic (exact) mass is 292 g/mol. The summed E-state index contributed by atoms with van der Waals surface area (Å²) in [5, 5.41) is 3.56. The fourth-order valence-corrected chi connectivity index (χ4v) is 2.60. The van der Waals surface area contributed by atoms with Gasteiger partial charge in [-0.25, -0.2) is 4.98 Å². The quantitative estimate of drug-likeness (QED) is 0.807. The lowest BCUT2D eigenvalue weighted by atomic mass is 9.85. The molecule has 0 unspecified atom stereocenters. The molecule has 1 heterocycles. The van der Waals surface area contributed by atoms with Gasteiger partial charge in [-0.3, -0.25) is 0 Å². The van der Waals surface area contributed by atoms with Crippen LogP contribution >= 0.6 is 11.6 Å². The normalized spacial score (nSPS) is 24.3.